The maximum absolute atomic E-state index is 12.1. The second-order valence-electron chi connectivity index (χ2n) is 5.41. The zero-order valence-corrected chi connectivity index (χ0v) is 12.7. The third-order valence-corrected chi connectivity index (χ3v) is 3.92. The number of carboxylic acids is 1. The van der Waals surface area contributed by atoms with Crippen LogP contribution in [0.15, 0.2) is 24.3 Å². The number of nitrogens with one attached hydrogen (secondary N) is 1. The average Bonchev–Trinajstić information content (AvgIpc) is 3.00. The predicted octanol–water partition coefficient (Wildman–Crippen LogP) is 1.63. The van der Waals surface area contributed by atoms with Crippen molar-refractivity contribution in [2.45, 2.75) is 31.9 Å². The first-order valence-corrected chi connectivity index (χ1v) is 7.44. The third kappa shape index (κ3) is 4.46. The number of hydrogen-bond acceptors (Lipinski definition) is 3. The van der Waals surface area contributed by atoms with Gasteiger partial charge in [-0.2, -0.15) is 0 Å². The number of carboxylic acid groups (broad SMARTS) is 1. The largest absolute Gasteiger partial charge is 0.481 e. The van der Waals surface area contributed by atoms with Gasteiger partial charge in [0, 0.05) is 33.2 Å². The number of benzene rings is 1. The molecule has 1 aromatic carbocycles. The molecule has 2 rings (SSSR count). The van der Waals surface area contributed by atoms with Crippen LogP contribution in [0.5, 0.6) is 0 Å². The van der Waals surface area contributed by atoms with Crippen molar-refractivity contribution in [3.63, 3.8) is 0 Å². The van der Waals surface area contributed by atoms with Gasteiger partial charge in [0.05, 0.1) is 6.10 Å². The molecule has 2 amide bonds. The van der Waals surface area contributed by atoms with Crippen molar-refractivity contribution in [1.82, 2.24) is 10.2 Å². The first-order valence-electron chi connectivity index (χ1n) is 7.44. The number of carbonyl (C=O) groups excluding carboxylic acids is 1. The molecule has 1 saturated heterocycles. The van der Waals surface area contributed by atoms with Gasteiger partial charge in [0.25, 0.3) is 0 Å². The van der Waals surface area contributed by atoms with Gasteiger partial charge in [0.2, 0.25) is 0 Å². The molecule has 120 valence electrons. The summed E-state index contributed by atoms with van der Waals surface area (Å²) < 4.78 is 5.25. The second-order valence-corrected chi connectivity index (χ2v) is 5.41. The van der Waals surface area contributed by atoms with Gasteiger partial charge in [-0.3, -0.25) is 4.79 Å². The van der Waals surface area contributed by atoms with E-state index in [0.29, 0.717) is 26.1 Å². The summed E-state index contributed by atoms with van der Waals surface area (Å²) in [5.41, 5.74) is 1.92. The molecule has 22 heavy (non-hydrogen) atoms. The average molecular weight is 306 g/mol. The van der Waals surface area contributed by atoms with E-state index < -0.39 is 5.97 Å². The lowest BCUT2D eigenvalue weighted by Gasteiger charge is -2.18. The van der Waals surface area contributed by atoms with Gasteiger partial charge in [-0.05, 0) is 24.0 Å². The number of likely N-dealkylation sites (tertiary alicyclic amines) is 1. The molecular formula is C16H22N2O4. The minimum atomic E-state index is -0.818. The molecule has 0 saturated carbocycles. The van der Waals surface area contributed by atoms with Crippen molar-refractivity contribution in [2.75, 3.05) is 20.2 Å². The summed E-state index contributed by atoms with van der Waals surface area (Å²) in [5.74, 6) is -0.818. The first kappa shape index (κ1) is 16.3. The van der Waals surface area contributed by atoms with Crippen LogP contribution >= 0.6 is 0 Å². The normalized spacial score (nSPS) is 17.5. The van der Waals surface area contributed by atoms with Gasteiger partial charge in [-0.1, -0.05) is 24.3 Å². The van der Waals surface area contributed by atoms with Gasteiger partial charge in [-0.25, -0.2) is 4.79 Å². The summed E-state index contributed by atoms with van der Waals surface area (Å²) in [4.78, 5) is 24.6. The minimum Gasteiger partial charge on any atom is -0.481 e. The molecule has 0 spiro atoms. The zero-order valence-electron chi connectivity index (χ0n) is 12.7. The molecule has 1 heterocycles. The Morgan fingerprint density at radius 1 is 1.36 bits per heavy atom. The predicted molar refractivity (Wildman–Crippen MR) is 81.6 cm³/mol. The molecule has 1 fully saturated rings. The Morgan fingerprint density at radius 2 is 2.09 bits per heavy atom. The van der Waals surface area contributed by atoms with Crippen LogP contribution < -0.4 is 5.32 Å². The van der Waals surface area contributed by atoms with Crippen LogP contribution in [0.1, 0.15) is 24.0 Å². The molecule has 0 bridgehead atoms. The highest BCUT2D eigenvalue weighted by molar-refractivity contribution is 5.74. The summed E-state index contributed by atoms with van der Waals surface area (Å²) in [5, 5.41) is 11.7. The molecule has 2 N–H and O–H groups in total. The minimum absolute atomic E-state index is 0.0899. The van der Waals surface area contributed by atoms with Crippen molar-refractivity contribution in [2.24, 2.45) is 0 Å². The van der Waals surface area contributed by atoms with Gasteiger partial charge in [0.15, 0.2) is 0 Å². The highest BCUT2D eigenvalue weighted by Gasteiger charge is 2.25. The fraction of sp³-hybridized carbons (Fsp3) is 0.500. The summed E-state index contributed by atoms with van der Waals surface area (Å²) >= 11 is 0. The molecule has 1 aliphatic heterocycles. The molecular weight excluding hydrogens is 284 g/mol. The molecule has 0 aliphatic carbocycles. The molecule has 6 nitrogen and oxygen atoms in total. The number of urea groups is 1. The standard InChI is InChI=1S/C16H22N2O4/c1-22-14-8-9-18(11-14)16(21)17-10-13-5-3-2-4-12(13)6-7-15(19)20/h2-5,14H,6-11H2,1H3,(H,17,21)(H,19,20)/t14-/m0/s1. The van der Waals surface area contributed by atoms with E-state index >= 15 is 0 Å². The Bertz CT molecular complexity index is 533. The van der Waals surface area contributed by atoms with Crippen LogP contribution in [0.2, 0.25) is 0 Å². The van der Waals surface area contributed by atoms with Crippen LogP contribution in [-0.2, 0) is 22.5 Å². The highest BCUT2D eigenvalue weighted by Crippen LogP contribution is 2.13. The van der Waals surface area contributed by atoms with E-state index in [9.17, 15) is 9.59 Å². The molecule has 1 aliphatic rings. The van der Waals surface area contributed by atoms with E-state index in [1.165, 1.54) is 0 Å². The Morgan fingerprint density at radius 3 is 2.73 bits per heavy atom. The number of aryl methyl sites for hydroxylation is 1. The zero-order chi connectivity index (χ0) is 15.9. The Balaban J connectivity index is 1.88. The number of methoxy groups -OCH3 is 1. The molecule has 1 atom stereocenters. The quantitative estimate of drug-likeness (QED) is 0.837. The fourth-order valence-corrected chi connectivity index (χ4v) is 2.60. The second kappa shape index (κ2) is 7.79. The van der Waals surface area contributed by atoms with Crippen LogP contribution in [0.3, 0.4) is 0 Å². The van der Waals surface area contributed by atoms with Gasteiger partial charge in [0.1, 0.15) is 0 Å². The first-order chi connectivity index (χ1) is 10.6. The third-order valence-electron chi connectivity index (χ3n) is 3.92. The van der Waals surface area contributed by atoms with E-state index in [0.717, 1.165) is 17.5 Å². The summed E-state index contributed by atoms with van der Waals surface area (Å²) in [6.45, 7) is 1.72. The summed E-state index contributed by atoms with van der Waals surface area (Å²) in [6.07, 6.45) is 1.54. The van der Waals surface area contributed by atoms with Crippen molar-refractivity contribution < 1.29 is 19.4 Å². The fourth-order valence-electron chi connectivity index (χ4n) is 2.60. The topological polar surface area (TPSA) is 78.9 Å². The number of nitrogens with zero attached hydrogens (tertiary/aromatic N) is 1. The summed E-state index contributed by atoms with van der Waals surface area (Å²) in [7, 11) is 1.66. The lowest BCUT2D eigenvalue weighted by atomic mass is 10.0. The van der Waals surface area contributed by atoms with E-state index in [2.05, 4.69) is 5.32 Å². The Hall–Kier alpha value is -2.08. The molecule has 0 aromatic heterocycles. The monoisotopic (exact) mass is 306 g/mol. The van der Waals surface area contributed by atoms with Gasteiger partial charge >= 0.3 is 12.0 Å². The molecule has 0 unspecified atom stereocenters. The maximum Gasteiger partial charge on any atom is 0.317 e. The number of aliphatic carboxylic acids is 1. The number of carbonyl (C=O) groups is 2. The molecule has 1 aromatic rings. The van der Waals surface area contributed by atoms with Crippen LogP contribution in [-0.4, -0.2) is 48.3 Å². The van der Waals surface area contributed by atoms with Crippen molar-refractivity contribution in [3.8, 4) is 0 Å². The highest BCUT2D eigenvalue weighted by atomic mass is 16.5. The number of ether oxygens (including phenoxy) is 1. The van der Waals surface area contributed by atoms with E-state index in [-0.39, 0.29) is 18.6 Å². The number of amides is 2. The van der Waals surface area contributed by atoms with Crippen molar-refractivity contribution in [1.29, 1.82) is 0 Å². The van der Waals surface area contributed by atoms with Crippen LogP contribution in [0.25, 0.3) is 0 Å². The molecule has 0 radical (unpaired) electrons. The van der Waals surface area contributed by atoms with Gasteiger partial charge < -0.3 is 20.1 Å². The van der Waals surface area contributed by atoms with Gasteiger partial charge in [-0.15, -0.1) is 0 Å². The Kier molecular flexibility index (Phi) is 5.77. The lowest BCUT2D eigenvalue weighted by molar-refractivity contribution is -0.136. The van der Waals surface area contributed by atoms with E-state index in [4.69, 9.17) is 9.84 Å². The maximum atomic E-state index is 12.1. The SMILES string of the molecule is CO[C@H]1CCN(C(=O)NCc2ccccc2CCC(=O)O)C1. The summed E-state index contributed by atoms with van der Waals surface area (Å²) in [6, 6.07) is 7.49. The van der Waals surface area contributed by atoms with Crippen molar-refractivity contribution >= 4 is 12.0 Å². The van der Waals surface area contributed by atoms with Crippen LogP contribution in [0, 0.1) is 0 Å². The number of rotatable bonds is 6. The van der Waals surface area contributed by atoms with Crippen molar-refractivity contribution in [3.05, 3.63) is 35.4 Å². The van der Waals surface area contributed by atoms with E-state index in [1.807, 2.05) is 24.3 Å². The van der Waals surface area contributed by atoms with E-state index in [1.54, 1.807) is 12.0 Å². The molecule has 6 heteroatoms. The smallest absolute Gasteiger partial charge is 0.317 e. The Labute approximate surface area is 130 Å². The lowest BCUT2D eigenvalue weighted by Crippen LogP contribution is -2.38. The number of hydrogen-bond donors (Lipinski definition) is 2. The van der Waals surface area contributed by atoms with Crippen LogP contribution in [0.4, 0.5) is 4.79 Å².